The van der Waals surface area contributed by atoms with E-state index in [4.69, 9.17) is 4.74 Å². The highest BCUT2D eigenvalue weighted by Gasteiger charge is 2.28. The second kappa shape index (κ2) is 8.02. The molecular weight excluding hydrogens is 356 g/mol. The Balaban J connectivity index is 1.86. The summed E-state index contributed by atoms with van der Waals surface area (Å²) < 4.78 is 5.29. The first kappa shape index (κ1) is 20.1. The van der Waals surface area contributed by atoms with E-state index in [-0.39, 0.29) is 24.3 Å². The summed E-state index contributed by atoms with van der Waals surface area (Å²) in [6.07, 6.45) is -0.440. The molecule has 1 aromatic rings. The van der Waals surface area contributed by atoms with Gasteiger partial charge in [-0.15, -0.1) is 0 Å². The van der Waals surface area contributed by atoms with E-state index in [2.05, 4.69) is 5.32 Å². The van der Waals surface area contributed by atoms with E-state index < -0.39 is 28.6 Å². The molecule has 146 valence electrons. The van der Waals surface area contributed by atoms with Gasteiger partial charge in [-0.1, -0.05) is 0 Å². The van der Waals surface area contributed by atoms with Crippen molar-refractivity contribution in [3.63, 3.8) is 0 Å². The highest BCUT2D eigenvalue weighted by molar-refractivity contribution is 6.04. The number of hydrogen-bond donors (Lipinski definition) is 1. The highest BCUT2D eigenvalue weighted by Crippen LogP contribution is 2.13. The number of nitrogens with one attached hydrogen (secondary N) is 1. The number of amides is 4. The Labute approximate surface area is 156 Å². The van der Waals surface area contributed by atoms with Crippen molar-refractivity contribution in [2.75, 3.05) is 26.2 Å². The molecule has 1 aliphatic rings. The van der Waals surface area contributed by atoms with E-state index in [9.17, 15) is 24.5 Å². The number of nitrogens with zero attached hydrogens (tertiary/aromatic N) is 3. The number of carbonyl (C=O) groups is 3. The zero-order valence-electron chi connectivity index (χ0n) is 15.4. The fraction of sp³-hybridized carbons (Fsp3) is 0.471. The topological polar surface area (TPSA) is 122 Å². The molecule has 2 rings (SSSR count). The number of nitro benzene ring substituents is 1. The zero-order valence-corrected chi connectivity index (χ0v) is 15.4. The van der Waals surface area contributed by atoms with E-state index in [1.807, 2.05) is 0 Å². The molecule has 0 bridgehead atoms. The van der Waals surface area contributed by atoms with Gasteiger partial charge in [-0.3, -0.25) is 20.2 Å². The van der Waals surface area contributed by atoms with E-state index in [1.165, 1.54) is 34.1 Å². The van der Waals surface area contributed by atoms with Crippen LogP contribution in [0.15, 0.2) is 24.3 Å². The lowest BCUT2D eigenvalue weighted by molar-refractivity contribution is -0.384. The van der Waals surface area contributed by atoms with Gasteiger partial charge in [-0.25, -0.2) is 9.59 Å². The Kier molecular flexibility index (Phi) is 5.98. The predicted octanol–water partition coefficient (Wildman–Crippen LogP) is 2.00. The summed E-state index contributed by atoms with van der Waals surface area (Å²) >= 11 is 0. The predicted molar refractivity (Wildman–Crippen MR) is 95.3 cm³/mol. The van der Waals surface area contributed by atoms with Crippen molar-refractivity contribution in [2.45, 2.75) is 26.4 Å². The summed E-state index contributed by atoms with van der Waals surface area (Å²) in [7, 11) is 0. The van der Waals surface area contributed by atoms with Crippen molar-refractivity contribution < 1.29 is 24.0 Å². The number of ether oxygens (including phenoxy) is 1. The molecule has 1 aromatic carbocycles. The van der Waals surface area contributed by atoms with Crippen LogP contribution in [0.2, 0.25) is 0 Å². The number of nitro groups is 1. The lowest BCUT2D eigenvalue weighted by atomic mass is 10.2. The number of piperazine rings is 1. The van der Waals surface area contributed by atoms with Crippen LogP contribution in [0.5, 0.6) is 0 Å². The summed E-state index contributed by atoms with van der Waals surface area (Å²) in [4.78, 5) is 49.3. The first-order chi connectivity index (χ1) is 12.6. The number of hydrogen-bond acceptors (Lipinski definition) is 6. The van der Waals surface area contributed by atoms with Crippen molar-refractivity contribution in [3.8, 4) is 0 Å². The molecule has 0 radical (unpaired) electrons. The van der Waals surface area contributed by atoms with E-state index in [0.29, 0.717) is 13.1 Å². The number of carbonyl (C=O) groups excluding carboxylic acids is 3. The summed E-state index contributed by atoms with van der Waals surface area (Å²) in [5.74, 6) is -0.649. The first-order valence-corrected chi connectivity index (χ1v) is 8.39. The maximum absolute atomic E-state index is 12.2. The zero-order chi connectivity index (χ0) is 20.2. The number of non-ortho nitro benzene ring substituents is 1. The Morgan fingerprint density at radius 2 is 1.56 bits per heavy atom. The van der Waals surface area contributed by atoms with Gasteiger partial charge in [0.25, 0.3) is 11.6 Å². The van der Waals surface area contributed by atoms with Crippen molar-refractivity contribution in [3.05, 3.63) is 39.9 Å². The molecule has 0 spiro atoms. The molecule has 1 aliphatic heterocycles. The van der Waals surface area contributed by atoms with Crippen molar-refractivity contribution in [1.82, 2.24) is 15.1 Å². The van der Waals surface area contributed by atoms with Gasteiger partial charge in [0.1, 0.15) is 5.60 Å². The minimum absolute atomic E-state index is 0.140. The molecule has 1 saturated heterocycles. The van der Waals surface area contributed by atoms with E-state index in [1.54, 1.807) is 20.8 Å². The van der Waals surface area contributed by atoms with Crippen LogP contribution in [-0.2, 0) is 4.74 Å². The molecule has 1 fully saturated rings. The maximum Gasteiger partial charge on any atom is 0.410 e. The summed E-state index contributed by atoms with van der Waals surface area (Å²) in [6.45, 7) is 6.45. The number of imide groups is 1. The number of urea groups is 1. The van der Waals surface area contributed by atoms with Crippen molar-refractivity contribution in [2.24, 2.45) is 0 Å². The lowest BCUT2D eigenvalue weighted by Gasteiger charge is -2.35. The molecular formula is C17H22N4O6. The van der Waals surface area contributed by atoms with Gasteiger partial charge < -0.3 is 14.5 Å². The standard InChI is InChI=1S/C17H22N4O6/c1-17(2,3)27-16(24)20-10-8-19(9-11-20)15(23)18-14(22)12-4-6-13(7-5-12)21(25)26/h4-7H,8-11H2,1-3H3,(H,18,22,23). The summed E-state index contributed by atoms with van der Waals surface area (Å²) in [5, 5.41) is 12.9. The Hall–Kier alpha value is -3.17. The van der Waals surface area contributed by atoms with Gasteiger partial charge in [-0.2, -0.15) is 0 Å². The van der Waals surface area contributed by atoms with Crippen LogP contribution in [0, 0.1) is 10.1 Å². The monoisotopic (exact) mass is 378 g/mol. The van der Waals surface area contributed by atoms with E-state index >= 15 is 0 Å². The highest BCUT2D eigenvalue weighted by atomic mass is 16.6. The molecule has 4 amide bonds. The molecule has 0 aliphatic carbocycles. The fourth-order valence-electron chi connectivity index (χ4n) is 2.40. The smallest absolute Gasteiger partial charge is 0.410 e. The van der Waals surface area contributed by atoms with Crippen LogP contribution in [0.25, 0.3) is 0 Å². The van der Waals surface area contributed by atoms with Crippen molar-refractivity contribution >= 4 is 23.7 Å². The van der Waals surface area contributed by atoms with Crippen LogP contribution in [0.1, 0.15) is 31.1 Å². The Bertz CT molecular complexity index is 733. The van der Waals surface area contributed by atoms with Crippen LogP contribution in [0.4, 0.5) is 15.3 Å². The molecule has 1 heterocycles. The molecule has 10 heteroatoms. The third-order valence-electron chi connectivity index (χ3n) is 3.78. The SMILES string of the molecule is CC(C)(C)OC(=O)N1CCN(C(=O)NC(=O)c2ccc([N+](=O)[O-])cc2)CC1. The minimum Gasteiger partial charge on any atom is -0.444 e. The molecule has 10 nitrogen and oxygen atoms in total. The van der Waals surface area contributed by atoms with E-state index in [0.717, 1.165) is 0 Å². The van der Waals surface area contributed by atoms with Gasteiger partial charge in [0.2, 0.25) is 0 Å². The van der Waals surface area contributed by atoms with Crippen LogP contribution in [-0.4, -0.2) is 64.5 Å². The number of benzene rings is 1. The average Bonchev–Trinajstić information content (AvgIpc) is 2.60. The summed E-state index contributed by atoms with van der Waals surface area (Å²) in [5.41, 5.74) is -0.597. The van der Waals surface area contributed by atoms with Gasteiger partial charge in [-0.05, 0) is 32.9 Å². The van der Waals surface area contributed by atoms with Crippen LogP contribution in [0.3, 0.4) is 0 Å². The Morgan fingerprint density at radius 3 is 2.04 bits per heavy atom. The van der Waals surface area contributed by atoms with Crippen molar-refractivity contribution in [1.29, 1.82) is 0 Å². The third kappa shape index (κ3) is 5.66. The second-order valence-electron chi connectivity index (χ2n) is 7.02. The van der Waals surface area contributed by atoms with Gasteiger partial charge in [0.15, 0.2) is 0 Å². The molecule has 27 heavy (non-hydrogen) atoms. The minimum atomic E-state index is -0.649. The maximum atomic E-state index is 12.2. The molecule has 0 unspecified atom stereocenters. The lowest BCUT2D eigenvalue weighted by Crippen LogP contribution is -2.54. The largest absolute Gasteiger partial charge is 0.444 e. The van der Waals surface area contributed by atoms with Crippen LogP contribution < -0.4 is 5.32 Å². The molecule has 1 N–H and O–H groups in total. The summed E-state index contributed by atoms with van der Waals surface area (Å²) in [6, 6.07) is 4.36. The Morgan fingerprint density at radius 1 is 1.04 bits per heavy atom. The van der Waals surface area contributed by atoms with Crippen LogP contribution >= 0.6 is 0 Å². The number of rotatable bonds is 2. The third-order valence-corrected chi connectivity index (χ3v) is 3.78. The average molecular weight is 378 g/mol. The van der Waals surface area contributed by atoms with Gasteiger partial charge >= 0.3 is 12.1 Å². The van der Waals surface area contributed by atoms with Gasteiger partial charge in [0, 0.05) is 43.9 Å². The first-order valence-electron chi connectivity index (χ1n) is 8.39. The quantitative estimate of drug-likeness (QED) is 0.620. The normalized spacial score (nSPS) is 14.5. The fourth-order valence-corrected chi connectivity index (χ4v) is 2.40. The molecule has 0 saturated carbocycles. The molecule has 0 aromatic heterocycles. The second-order valence-corrected chi connectivity index (χ2v) is 7.02. The van der Waals surface area contributed by atoms with Gasteiger partial charge in [0.05, 0.1) is 4.92 Å². The molecule has 0 atom stereocenters.